The Morgan fingerprint density at radius 3 is 2.76 bits per heavy atom. The first-order valence-corrected chi connectivity index (χ1v) is 6.38. The van der Waals surface area contributed by atoms with Crippen molar-refractivity contribution in [1.82, 2.24) is 4.98 Å². The van der Waals surface area contributed by atoms with E-state index in [2.05, 4.69) is 32.9 Å². The van der Waals surface area contributed by atoms with Crippen molar-refractivity contribution in [2.75, 3.05) is 12.4 Å². The predicted octanol–water partition coefficient (Wildman–Crippen LogP) is 3.31. The molecule has 0 aliphatic carbocycles. The summed E-state index contributed by atoms with van der Waals surface area (Å²) in [5.74, 6) is 1.75. The second-order valence-electron chi connectivity index (χ2n) is 3.48. The smallest absolute Gasteiger partial charge is 0.133 e. The van der Waals surface area contributed by atoms with Crippen molar-refractivity contribution in [2.45, 2.75) is 6.61 Å². The van der Waals surface area contributed by atoms with Crippen molar-refractivity contribution in [3.8, 4) is 5.75 Å². The van der Waals surface area contributed by atoms with Gasteiger partial charge in [-0.25, -0.2) is 4.98 Å². The molecule has 1 aromatic heterocycles. The number of rotatable bonds is 4. The molecule has 0 fully saturated rings. The molecule has 1 heterocycles. The Kier molecular flexibility index (Phi) is 4.19. The molecule has 0 saturated heterocycles. The Morgan fingerprint density at radius 1 is 1.18 bits per heavy atom. The highest BCUT2D eigenvalue weighted by atomic mass is 127. The van der Waals surface area contributed by atoms with Crippen molar-refractivity contribution in [1.29, 1.82) is 0 Å². The highest BCUT2D eigenvalue weighted by molar-refractivity contribution is 14.1. The molecule has 0 spiro atoms. The SMILES string of the molecule is CNc1cccc(COc2ccccc2I)n1. The lowest BCUT2D eigenvalue weighted by Gasteiger charge is -2.08. The fourth-order valence-electron chi connectivity index (χ4n) is 1.41. The Balaban J connectivity index is 2.05. The van der Waals surface area contributed by atoms with E-state index in [-0.39, 0.29) is 0 Å². The number of nitrogens with zero attached hydrogens (tertiary/aromatic N) is 1. The zero-order valence-corrected chi connectivity index (χ0v) is 11.6. The van der Waals surface area contributed by atoms with Crippen LogP contribution in [0, 0.1) is 3.57 Å². The molecule has 0 aliphatic rings. The largest absolute Gasteiger partial charge is 0.486 e. The maximum atomic E-state index is 5.72. The van der Waals surface area contributed by atoms with E-state index in [1.165, 1.54) is 0 Å². The highest BCUT2D eigenvalue weighted by Crippen LogP contribution is 2.20. The van der Waals surface area contributed by atoms with Gasteiger partial charge < -0.3 is 10.1 Å². The van der Waals surface area contributed by atoms with E-state index in [1.807, 2.05) is 49.5 Å². The van der Waals surface area contributed by atoms with Crippen LogP contribution in [0.5, 0.6) is 5.75 Å². The van der Waals surface area contributed by atoms with Gasteiger partial charge in [-0.05, 0) is 46.9 Å². The molecule has 0 bridgehead atoms. The van der Waals surface area contributed by atoms with Crippen LogP contribution in [0.25, 0.3) is 0 Å². The lowest BCUT2D eigenvalue weighted by Crippen LogP contribution is -2.01. The normalized spacial score (nSPS) is 10.0. The van der Waals surface area contributed by atoms with Gasteiger partial charge >= 0.3 is 0 Å². The van der Waals surface area contributed by atoms with Crippen LogP contribution in [0.3, 0.4) is 0 Å². The van der Waals surface area contributed by atoms with Crippen LogP contribution in [0.1, 0.15) is 5.69 Å². The first-order valence-electron chi connectivity index (χ1n) is 5.30. The third-order valence-corrected chi connectivity index (χ3v) is 3.17. The average molecular weight is 340 g/mol. The summed E-state index contributed by atoms with van der Waals surface area (Å²) in [5, 5.41) is 3.01. The molecule has 4 heteroatoms. The lowest BCUT2D eigenvalue weighted by molar-refractivity contribution is 0.299. The zero-order valence-electron chi connectivity index (χ0n) is 9.48. The van der Waals surface area contributed by atoms with Gasteiger partial charge in [0.25, 0.3) is 0 Å². The van der Waals surface area contributed by atoms with Crippen LogP contribution in [0.4, 0.5) is 5.82 Å². The van der Waals surface area contributed by atoms with Crippen molar-refractivity contribution < 1.29 is 4.74 Å². The van der Waals surface area contributed by atoms with E-state index in [9.17, 15) is 0 Å². The van der Waals surface area contributed by atoms with Gasteiger partial charge in [0, 0.05) is 7.05 Å². The summed E-state index contributed by atoms with van der Waals surface area (Å²) in [5.41, 5.74) is 0.913. The summed E-state index contributed by atoms with van der Waals surface area (Å²) < 4.78 is 6.83. The molecule has 2 rings (SSSR count). The molecule has 0 saturated carbocycles. The van der Waals surface area contributed by atoms with Gasteiger partial charge in [0.2, 0.25) is 0 Å². The molecule has 1 aromatic carbocycles. The van der Waals surface area contributed by atoms with Crippen LogP contribution in [-0.2, 0) is 6.61 Å². The number of nitrogens with one attached hydrogen (secondary N) is 1. The number of anilines is 1. The summed E-state index contributed by atoms with van der Waals surface area (Å²) >= 11 is 2.26. The topological polar surface area (TPSA) is 34.1 Å². The second kappa shape index (κ2) is 5.86. The zero-order chi connectivity index (χ0) is 12.1. The van der Waals surface area contributed by atoms with Crippen LogP contribution in [0.2, 0.25) is 0 Å². The number of para-hydroxylation sites is 1. The van der Waals surface area contributed by atoms with Gasteiger partial charge in [0.15, 0.2) is 0 Å². The molecule has 3 nitrogen and oxygen atoms in total. The van der Waals surface area contributed by atoms with E-state index in [4.69, 9.17) is 4.74 Å². The molecule has 0 aliphatic heterocycles. The van der Waals surface area contributed by atoms with Crippen molar-refractivity contribution >= 4 is 28.4 Å². The third-order valence-electron chi connectivity index (χ3n) is 2.28. The average Bonchev–Trinajstić information content (AvgIpc) is 2.38. The minimum Gasteiger partial charge on any atom is -0.486 e. The van der Waals surface area contributed by atoms with Gasteiger partial charge in [-0.3, -0.25) is 0 Å². The number of ether oxygens (including phenoxy) is 1. The van der Waals surface area contributed by atoms with E-state index < -0.39 is 0 Å². The van der Waals surface area contributed by atoms with Crippen LogP contribution >= 0.6 is 22.6 Å². The Hall–Kier alpha value is -1.30. The van der Waals surface area contributed by atoms with E-state index in [0.717, 1.165) is 20.8 Å². The fraction of sp³-hybridized carbons (Fsp3) is 0.154. The molecule has 0 radical (unpaired) electrons. The maximum Gasteiger partial charge on any atom is 0.133 e. The predicted molar refractivity (Wildman–Crippen MR) is 77.3 cm³/mol. The molecule has 1 N–H and O–H groups in total. The first-order chi connectivity index (χ1) is 8.29. The number of hydrogen-bond donors (Lipinski definition) is 1. The number of pyridine rings is 1. The Labute approximate surface area is 114 Å². The third kappa shape index (κ3) is 3.33. The molecule has 0 amide bonds. The first kappa shape index (κ1) is 12.2. The van der Waals surface area contributed by atoms with Gasteiger partial charge in [0.05, 0.1) is 9.26 Å². The Morgan fingerprint density at radius 2 is 2.00 bits per heavy atom. The molecule has 88 valence electrons. The van der Waals surface area contributed by atoms with Crippen LogP contribution in [0.15, 0.2) is 42.5 Å². The van der Waals surface area contributed by atoms with Crippen molar-refractivity contribution in [3.05, 3.63) is 51.7 Å². The van der Waals surface area contributed by atoms with E-state index in [0.29, 0.717) is 6.61 Å². The maximum absolute atomic E-state index is 5.72. The molecule has 0 unspecified atom stereocenters. The van der Waals surface area contributed by atoms with Gasteiger partial charge in [-0.1, -0.05) is 18.2 Å². The lowest BCUT2D eigenvalue weighted by atomic mass is 10.3. The highest BCUT2D eigenvalue weighted by Gasteiger charge is 2.01. The summed E-state index contributed by atoms with van der Waals surface area (Å²) in [7, 11) is 1.85. The fourth-order valence-corrected chi connectivity index (χ4v) is 1.96. The quantitative estimate of drug-likeness (QED) is 0.868. The number of benzene rings is 1. The molecule has 0 atom stereocenters. The van der Waals surface area contributed by atoms with Gasteiger partial charge in [-0.2, -0.15) is 0 Å². The minimum absolute atomic E-state index is 0.482. The van der Waals surface area contributed by atoms with E-state index >= 15 is 0 Å². The van der Waals surface area contributed by atoms with E-state index in [1.54, 1.807) is 0 Å². The van der Waals surface area contributed by atoms with Crippen molar-refractivity contribution in [3.63, 3.8) is 0 Å². The standard InChI is InChI=1S/C13H13IN2O/c1-15-13-8-4-5-10(16-13)9-17-12-7-3-2-6-11(12)14/h2-8H,9H2,1H3,(H,15,16). The molecular formula is C13H13IN2O. The summed E-state index contributed by atoms with van der Waals surface area (Å²) in [6.07, 6.45) is 0. The Bertz CT molecular complexity index is 502. The number of halogens is 1. The molecular weight excluding hydrogens is 327 g/mol. The minimum atomic E-state index is 0.482. The summed E-state index contributed by atoms with van der Waals surface area (Å²) in [6.45, 7) is 0.482. The molecule has 17 heavy (non-hydrogen) atoms. The summed E-state index contributed by atoms with van der Waals surface area (Å²) in [6, 6.07) is 13.8. The summed E-state index contributed by atoms with van der Waals surface area (Å²) in [4.78, 5) is 4.40. The van der Waals surface area contributed by atoms with Crippen LogP contribution in [-0.4, -0.2) is 12.0 Å². The molecule has 2 aromatic rings. The monoisotopic (exact) mass is 340 g/mol. The van der Waals surface area contributed by atoms with Gasteiger partial charge in [-0.15, -0.1) is 0 Å². The van der Waals surface area contributed by atoms with Crippen molar-refractivity contribution in [2.24, 2.45) is 0 Å². The van der Waals surface area contributed by atoms with Gasteiger partial charge in [0.1, 0.15) is 18.2 Å². The number of aromatic nitrogens is 1. The van der Waals surface area contributed by atoms with Crippen LogP contribution < -0.4 is 10.1 Å². The number of hydrogen-bond acceptors (Lipinski definition) is 3. The second-order valence-corrected chi connectivity index (χ2v) is 4.65.